The molecule has 2 aromatic rings. The molecule has 1 amide bonds. The number of allylic oxidation sites excluding steroid dienone is 2. The van der Waals surface area contributed by atoms with Gasteiger partial charge in [0, 0.05) is 10.9 Å². The molecule has 0 unspecified atom stereocenters. The molecule has 31 heavy (non-hydrogen) atoms. The summed E-state index contributed by atoms with van der Waals surface area (Å²) in [6.07, 6.45) is 4.21. The lowest BCUT2D eigenvalue weighted by Gasteiger charge is -2.23. The van der Waals surface area contributed by atoms with E-state index in [1.54, 1.807) is 13.8 Å². The standard InChI is InChI=1S/C24H25NO5S/c1-12(2)30-24(29)20-17(14-6-4-5-13(3)9-14)11-31-22(20)25-21(26)18-15-7-8-16(10-15)19(18)23(27)28/h4-9,11-12,15-16,18-19H,10H2,1-3H3,(H,25,26)(H,27,28)/t15-,16-,18-,19-/m0/s1. The van der Waals surface area contributed by atoms with Crippen molar-refractivity contribution < 1.29 is 24.2 Å². The summed E-state index contributed by atoms with van der Waals surface area (Å²) in [4.78, 5) is 37.9. The van der Waals surface area contributed by atoms with Gasteiger partial charge < -0.3 is 15.2 Å². The van der Waals surface area contributed by atoms with Gasteiger partial charge in [0.2, 0.25) is 5.91 Å². The molecule has 7 heteroatoms. The SMILES string of the molecule is Cc1cccc(-c2csc(NC(=O)[C@@H]3[C@@H](C(=O)O)[C@H]4C=C[C@H]3C4)c2C(=O)OC(C)C)c1. The Morgan fingerprint density at radius 2 is 1.87 bits per heavy atom. The number of carboxylic acid groups (broad SMARTS) is 1. The third-order valence-electron chi connectivity index (χ3n) is 5.95. The number of esters is 1. The van der Waals surface area contributed by atoms with Crippen LogP contribution in [0.4, 0.5) is 5.00 Å². The van der Waals surface area contributed by atoms with E-state index >= 15 is 0 Å². The molecule has 0 spiro atoms. The zero-order valence-corrected chi connectivity index (χ0v) is 18.4. The topological polar surface area (TPSA) is 92.7 Å². The van der Waals surface area contributed by atoms with Gasteiger partial charge in [0.05, 0.1) is 17.9 Å². The quantitative estimate of drug-likeness (QED) is 0.500. The highest BCUT2D eigenvalue weighted by molar-refractivity contribution is 7.15. The lowest BCUT2D eigenvalue weighted by molar-refractivity contribution is -0.146. The Hall–Kier alpha value is -2.93. The second-order valence-electron chi connectivity index (χ2n) is 8.50. The van der Waals surface area contributed by atoms with Gasteiger partial charge in [0.15, 0.2) is 0 Å². The van der Waals surface area contributed by atoms with Crippen LogP contribution in [-0.2, 0) is 14.3 Å². The number of carboxylic acids is 1. The van der Waals surface area contributed by atoms with Crippen LogP contribution in [0.25, 0.3) is 11.1 Å². The molecular formula is C24H25NO5S. The Morgan fingerprint density at radius 1 is 1.16 bits per heavy atom. The molecule has 4 rings (SSSR count). The number of carbonyl (C=O) groups is 3. The van der Waals surface area contributed by atoms with Gasteiger partial charge in [-0.3, -0.25) is 9.59 Å². The first kappa shape index (κ1) is 21.3. The second kappa shape index (κ2) is 8.30. The number of ether oxygens (including phenoxy) is 1. The monoisotopic (exact) mass is 439 g/mol. The molecule has 2 aliphatic rings. The van der Waals surface area contributed by atoms with E-state index in [9.17, 15) is 19.5 Å². The highest BCUT2D eigenvalue weighted by Gasteiger charge is 2.51. The molecule has 4 atom stereocenters. The van der Waals surface area contributed by atoms with Crippen molar-refractivity contribution in [2.75, 3.05) is 5.32 Å². The van der Waals surface area contributed by atoms with E-state index in [-0.39, 0.29) is 23.8 Å². The predicted molar refractivity (Wildman–Crippen MR) is 119 cm³/mol. The minimum absolute atomic E-state index is 0.0895. The first-order chi connectivity index (χ1) is 14.8. The van der Waals surface area contributed by atoms with E-state index < -0.39 is 23.8 Å². The Morgan fingerprint density at radius 3 is 2.52 bits per heavy atom. The minimum Gasteiger partial charge on any atom is -0.481 e. The van der Waals surface area contributed by atoms with Gasteiger partial charge in [-0.15, -0.1) is 11.3 Å². The smallest absolute Gasteiger partial charge is 0.342 e. The fraction of sp³-hybridized carbons (Fsp3) is 0.375. The minimum atomic E-state index is -0.955. The van der Waals surface area contributed by atoms with Crippen LogP contribution in [-0.4, -0.2) is 29.1 Å². The van der Waals surface area contributed by atoms with Gasteiger partial charge >= 0.3 is 11.9 Å². The van der Waals surface area contributed by atoms with Crippen molar-refractivity contribution in [1.29, 1.82) is 0 Å². The zero-order chi connectivity index (χ0) is 22.3. The maximum Gasteiger partial charge on any atom is 0.342 e. The average Bonchev–Trinajstić information content (AvgIpc) is 3.41. The van der Waals surface area contributed by atoms with Gasteiger partial charge in [-0.25, -0.2) is 4.79 Å². The lowest BCUT2D eigenvalue weighted by atomic mass is 9.82. The van der Waals surface area contributed by atoms with Crippen LogP contribution in [0.15, 0.2) is 41.8 Å². The van der Waals surface area contributed by atoms with Gasteiger partial charge in [-0.05, 0) is 44.6 Å². The lowest BCUT2D eigenvalue weighted by Crippen LogP contribution is -2.36. The summed E-state index contributed by atoms with van der Waals surface area (Å²) < 4.78 is 5.45. The van der Waals surface area contributed by atoms with E-state index in [0.717, 1.165) is 11.1 Å². The van der Waals surface area contributed by atoms with Crippen molar-refractivity contribution in [3.8, 4) is 11.1 Å². The fourth-order valence-electron chi connectivity index (χ4n) is 4.66. The van der Waals surface area contributed by atoms with Crippen molar-refractivity contribution in [1.82, 2.24) is 0 Å². The number of hydrogen-bond acceptors (Lipinski definition) is 5. The van der Waals surface area contributed by atoms with Crippen LogP contribution in [0.1, 0.15) is 36.2 Å². The van der Waals surface area contributed by atoms with Gasteiger partial charge in [0.1, 0.15) is 10.6 Å². The van der Waals surface area contributed by atoms with E-state index in [0.29, 0.717) is 22.5 Å². The van der Waals surface area contributed by atoms with Crippen LogP contribution in [0, 0.1) is 30.6 Å². The summed E-state index contributed by atoms with van der Waals surface area (Å²) in [5, 5.41) is 14.7. The summed E-state index contributed by atoms with van der Waals surface area (Å²) >= 11 is 1.25. The number of thiophene rings is 1. The number of fused-ring (bicyclic) bond motifs is 2. The summed E-state index contributed by atoms with van der Waals surface area (Å²) in [6, 6.07) is 7.77. The van der Waals surface area contributed by atoms with E-state index in [4.69, 9.17) is 4.74 Å². The van der Waals surface area contributed by atoms with Crippen molar-refractivity contribution in [3.05, 3.63) is 52.9 Å². The number of rotatable bonds is 6. The Kier molecular flexibility index (Phi) is 5.71. The van der Waals surface area contributed by atoms with Crippen LogP contribution >= 0.6 is 11.3 Å². The second-order valence-corrected chi connectivity index (χ2v) is 9.38. The average molecular weight is 440 g/mol. The maximum absolute atomic E-state index is 13.2. The summed E-state index contributed by atoms with van der Waals surface area (Å²) in [7, 11) is 0. The van der Waals surface area contributed by atoms with Crippen molar-refractivity contribution in [2.45, 2.75) is 33.3 Å². The molecule has 2 N–H and O–H groups in total. The Labute approximate surface area is 184 Å². The first-order valence-corrected chi connectivity index (χ1v) is 11.3. The Bertz CT molecular complexity index is 1070. The number of anilines is 1. The van der Waals surface area contributed by atoms with Crippen LogP contribution in [0.3, 0.4) is 0 Å². The Balaban J connectivity index is 1.68. The highest BCUT2D eigenvalue weighted by Crippen LogP contribution is 2.49. The molecule has 1 heterocycles. The van der Waals surface area contributed by atoms with E-state index in [1.165, 1.54) is 11.3 Å². The summed E-state index contributed by atoms with van der Waals surface area (Å²) in [5.41, 5.74) is 2.91. The molecule has 2 aliphatic carbocycles. The van der Waals surface area contributed by atoms with Gasteiger partial charge in [0.25, 0.3) is 0 Å². The van der Waals surface area contributed by atoms with Crippen molar-refractivity contribution in [3.63, 3.8) is 0 Å². The molecule has 6 nitrogen and oxygen atoms in total. The number of hydrogen-bond donors (Lipinski definition) is 2. The molecule has 1 saturated carbocycles. The number of benzene rings is 1. The normalized spacial score (nSPS) is 23.9. The number of amides is 1. The summed E-state index contributed by atoms with van der Waals surface area (Å²) in [6.45, 7) is 5.52. The van der Waals surface area contributed by atoms with Crippen molar-refractivity contribution in [2.24, 2.45) is 23.7 Å². The maximum atomic E-state index is 13.2. The van der Waals surface area contributed by atoms with Gasteiger partial charge in [-0.2, -0.15) is 0 Å². The molecular weight excluding hydrogens is 414 g/mol. The third-order valence-corrected chi connectivity index (χ3v) is 6.85. The number of nitrogens with one attached hydrogen (secondary N) is 1. The van der Waals surface area contributed by atoms with Crippen LogP contribution in [0.2, 0.25) is 0 Å². The molecule has 0 saturated heterocycles. The van der Waals surface area contributed by atoms with E-state index in [1.807, 2.05) is 48.7 Å². The number of carbonyl (C=O) groups excluding carboxylic acids is 2. The van der Waals surface area contributed by atoms with Crippen LogP contribution < -0.4 is 5.32 Å². The largest absolute Gasteiger partial charge is 0.481 e. The first-order valence-electron chi connectivity index (χ1n) is 10.4. The molecule has 0 aliphatic heterocycles. The number of aliphatic carboxylic acids is 1. The fourth-order valence-corrected chi connectivity index (χ4v) is 5.62. The van der Waals surface area contributed by atoms with Crippen LogP contribution in [0.5, 0.6) is 0 Å². The molecule has 1 aromatic carbocycles. The third kappa shape index (κ3) is 4.02. The molecule has 2 bridgehead atoms. The summed E-state index contributed by atoms with van der Waals surface area (Å²) in [5.74, 6) is -3.42. The predicted octanol–water partition coefficient (Wildman–Crippen LogP) is 4.75. The van der Waals surface area contributed by atoms with Gasteiger partial charge in [-0.1, -0.05) is 42.0 Å². The molecule has 0 radical (unpaired) electrons. The molecule has 1 aromatic heterocycles. The van der Waals surface area contributed by atoms with E-state index in [2.05, 4.69) is 5.32 Å². The van der Waals surface area contributed by atoms with Crippen molar-refractivity contribution >= 4 is 34.2 Å². The highest BCUT2D eigenvalue weighted by atomic mass is 32.1. The zero-order valence-electron chi connectivity index (χ0n) is 17.6. The number of aryl methyl sites for hydroxylation is 1. The molecule has 162 valence electrons. The molecule has 1 fully saturated rings.